The normalized spacial score (nSPS) is 20.4. The second-order valence-corrected chi connectivity index (χ2v) is 6.29. The molecule has 0 bridgehead atoms. The number of ether oxygens (including phenoxy) is 1. The van der Waals surface area contributed by atoms with E-state index in [1.165, 1.54) is 6.33 Å². The number of carbonyl (C=O) groups is 2. The summed E-state index contributed by atoms with van der Waals surface area (Å²) in [5.74, 6) is -0.0426. The number of hydrogen-bond acceptors (Lipinski definition) is 5. The van der Waals surface area contributed by atoms with Gasteiger partial charge in [-0.1, -0.05) is 0 Å². The van der Waals surface area contributed by atoms with Gasteiger partial charge in [0.2, 0.25) is 5.91 Å². The molecule has 2 aromatic rings. The number of fused-ring (bicyclic) bond motifs is 1. The molecule has 0 aromatic carbocycles. The Morgan fingerprint density at radius 3 is 2.88 bits per heavy atom. The van der Waals surface area contributed by atoms with Crippen molar-refractivity contribution in [1.82, 2.24) is 25.6 Å². The molecule has 0 atom stereocenters. The lowest BCUT2D eigenvalue weighted by molar-refractivity contribution is -0.126. The van der Waals surface area contributed by atoms with E-state index in [1.807, 2.05) is 0 Å². The highest BCUT2D eigenvalue weighted by molar-refractivity contribution is 6.05. The number of rotatable bonds is 6. The standard InChI is InChI=1S/C17H23N5O3/c1-25-7-6-19-16(23)11-2-4-12(5-3-11)22-17(24)13-8-20-14-9-18-10-21-15(13)14/h8-12,20H,2-7H2,1H3,(H,19,23)(H,22,24). The highest BCUT2D eigenvalue weighted by Crippen LogP contribution is 2.25. The molecule has 25 heavy (non-hydrogen) atoms. The summed E-state index contributed by atoms with van der Waals surface area (Å²) in [6, 6.07) is 0.0855. The van der Waals surface area contributed by atoms with Gasteiger partial charge in [0, 0.05) is 31.8 Å². The average molecular weight is 345 g/mol. The highest BCUT2D eigenvalue weighted by Gasteiger charge is 2.27. The van der Waals surface area contributed by atoms with Gasteiger partial charge in [-0.05, 0) is 25.7 Å². The zero-order valence-corrected chi connectivity index (χ0v) is 14.2. The van der Waals surface area contributed by atoms with E-state index in [9.17, 15) is 9.59 Å². The molecule has 0 aliphatic heterocycles. The fraction of sp³-hybridized carbons (Fsp3) is 0.529. The lowest BCUT2D eigenvalue weighted by Crippen LogP contribution is -2.41. The summed E-state index contributed by atoms with van der Waals surface area (Å²) < 4.78 is 4.93. The first-order valence-electron chi connectivity index (χ1n) is 8.53. The van der Waals surface area contributed by atoms with E-state index < -0.39 is 0 Å². The number of nitrogens with one attached hydrogen (secondary N) is 3. The minimum Gasteiger partial charge on any atom is -0.383 e. The number of methoxy groups -OCH3 is 1. The number of nitrogens with zero attached hydrogens (tertiary/aromatic N) is 2. The van der Waals surface area contributed by atoms with Crippen LogP contribution in [0.15, 0.2) is 18.7 Å². The molecule has 0 radical (unpaired) electrons. The van der Waals surface area contributed by atoms with E-state index in [0.717, 1.165) is 31.2 Å². The van der Waals surface area contributed by atoms with Crippen LogP contribution in [0.2, 0.25) is 0 Å². The third-order valence-electron chi connectivity index (χ3n) is 4.62. The van der Waals surface area contributed by atoms with E-state index in [-0.39, 0.29) is 23.8 Å². The van der Waals surface area contributed by atoms with Crippen LogP contribution in [0.4, 0.5) is 0 Å². The molecule has 2 heterocycles. The molecule has 1 aliphatic carbocycles. The molecule has 1 fully saturated rings. The van der Waals surface area contributed by atoms with E-state index >= 15 is 0 Å². The number of hydrogen-bond donors (Lipinski definition) is 3. The van der Waals surface area contributed by atoms with E-state index in [1.54, 1.807) is 19.5 Å². The van der Waals surface area contributed by atoms with Gasteiger partial charge in [-0.2, -0.15) is 0 Å². The Hall–Kier alpha value is -2.48. The van der Waals surface area contributed by atoms with Crippen molar-refractivity contribution < 1.29 is 14.3 Å². The van der Waals surface area contributed by atoms with Gasteiger partial charge in [-0.15, -0.1) is 0 Å². The van der Waals surface area contributed by atoms with Crippen LogP contribution in [-0.4, -0.2) is 53.1 Å². The Morgan fingerprint density at radius 1 is 1.32 bits per heavy atom. The zero-order chi connectivity index (χ0) is 17.6. The van der Waals surface area contributed by atoms with E-state index in [0.29, 0.717) is 24.2 Å². The van der Waals surface area contributed by atoms with Crippen LogP contribution in [0, 0.1) is 5.92 Å². The van der Waals surface area contributed by atoms with Crippen LogP contribution in [-0.2, 0) is 9.53 Å². The zero-order valence-electron chi connectivity index (χ0n) is 14.2. The van der Waals surface area contributed by atoms with E-state index in [2.05, 4.69) is 25.6 Å². The Morgan fingerprint density at radius 2 is 2.12 bits per heavy atom. The third kappa shape index (κ3) is 4.14. The molecule has 8 nitrogen and oxygen atoms in total. The summed E-state index contributed by atoms with van der Waals surface area (Å²) in [7, 11) is 1.61. The van der Waals surface area contributed by atoms with Gasteiger partial charge >= 0.3 is 0 Å². The fourth-order valence-corrected chi connectivity index (χ4v) is 3.22. The van der Waals surface area contributed by atoms with Gasteiger partial charge in [0.15, 0.2) is 0 Å². The van der Waals surface area contributed by atoms with Crippen LogP contribution in [0.1, 0.15) is 36.0 Å². The molecule has 3 rings (SSSR count). The van der Waals surface area contributed by atoms with Crippen LogP contribution < -0.4 is 10.6 Å². The van der Waals surface area contributed by atoms with Gasteiger partial charge in [-0.3, -0.25) is 9.59 Å². The summed E-state index contributed by atoms with van der Waals surface area (Å²) in [6.45, 7) is 1.06. The van der Waals surface area contributed by atoms with Crippen molar-refractivity contribution in [1.29, 1.82) is 0 Å². The van der Waals surface area contributed by atoms with E-state index in [4.69, 9.17) is 4.74 Å². The van der Waals surface area contributed by atoms with Gasteiger partial charge < -0.3 is 20.4 Å². The molecule has 1 aliphatic rings. The van der Waals surface area contributed by atoms with Crippen molar-refractivity contribution in [3.05, 3.63) is 24.3 Å². The Kier molecular flexibility index (Phi) is 5.60. The summed E-state index contributed by atoms with van der Waals surface area (Å²) in [6.07, 6.45) is 7.88. The maximum atomic E-state index is 12.5. The van der Waals surface area contributed by atoms with Gasteiger partial charge in [0.1, 0.15) is 11.8 Å². The minimum atomic E-state index is -0.141. The number of carbonyl (C=O) groups excluding carboxylic acids is 2. The van der Waals surface area contributed by atoms with Crippen LogP contribution in [0.5, 0.6) is 0 Å². The van der Waals surface area contributed by atoms with Crippen molar-refractivity contribution >= 4 is 22.8 Å². The number of aromatic nitrogens is 3. The SMILES string of the molecule is COCCNC(=O)C1CCC(NC(=O)c2c[nH]c3cncnc23)CC1. The molecular weight excluding hydrogens is 322 g/mol. The summed E-state index contributed by atoms with van der Waals surface area (Å²) in [4.78, 5) is 35.7. The van der Waals surface area contributed by atoms with Gasteiger partial charge in [-0.25, -0.2) is 9.97 Å². The summed E-state index contributed by atoms with van der Waals surface area (Å²) in [5.41, 5.74) is 1.89. The molecule has 0 saturated heterocycles. The molecule has 134 valence electrons. The first-order valence-corrected chi connectivity index (χ1v) is 8.53. The predicted molar refractivity (Wildman–Crippen MR) is 92.0 cm³/mol. The largest absolute Gasteiger partial charge is 0.383 e. The second-order valence-electron chi connectivity index (χ2n) is 6.29. The minimum absolute atomic E-state index is 0.0193. The molecule has 2 aromatic heterocycles. The molecular formula is C17H23N5O3. The van der Waals surface area contributed by atoms with Gasteiger partial charge in [0.25, 0.3) is 5.91 Å². The Balaban J connectivity index is 1.50. The van der Waals surface area contributed by atoms with Crippen LogP contribution >= 0.6 is 0 Å². The quantitative estimate of drug-likeness (QED) is 0.677. The maximum Gasteiger partial charge on any atom is 0.255 e. The molecule has 0 spiro atoms. The lowest BCUT2D eigenvalue weighted by Gasteiger charge is -2.28. The van der Waals surface area contributed by atoms with Crippen molar-refractivity contribution in [2.75, 3.05) is 20.3 Å². The number of H-pyrrole nitrogens is 1. The molecule has 0 unspecified atom stereocenters. The third-order valence-corrected chi connectivity index (χ3v) is 4.62. The van der Waals surface area contributed by atoms with Crippen molar-refractivity contribution in [3.8, 4) is 0 Å². The molecule has 8 heteroatoms. The number of aromatic amines is 1. The summed E-state index contributed by atoms with van der Waals surface area (Å²) >= 11 is 0. The van der Waals surface area contributed by atoms with Crippen molar-refractivity contribution in [2.24, 2.45) is 5.92 Å². The molecule has 1 saturated carbocycles. The van der Waals surface area contributed by atoms with Crippen molar-refractivity contribution in [2.45, 2.75) is 31.7 Å². The van der Waals surface area contributed by atoms with Crippen LogP contribution in [0.25, 0.3) is 11.0 Å². The van der Waals surface area contributed by atoms with Gasteiger partial charge in [0.05, 0.1) is 23.9 Å². The fourth-order valence-electron chi connectivity index (χ4n) is 3.22. The van der Waals surface area contributed by atoms with Crippen LogP contribution in [0.3, 0.4) is 0 Å². The smallest absolute Gasteiger partial charge is 0.255 e. The monoisotopic (exact) mass is 345 g/mol. The average Bonchev–Trinajstić information content (AvgIpc) is 3.06. The first-order chi connectivity index (χ1) is 12.2. The lowest BCUT2D eigenvalue weighted by atomic mass is 9.85. The topological polar surface area (TPSA) is 109 Å². The predicted octanol–water partition coefficient (Wildman–Crippen LogP) is 1.01. The first kappa shape index (κ1) is 17.3. The maximum absolute atomic E-state index is 12.5. The Bertz CT molecular complexity index is 737. The summed E-state index contributed by atoms with van der Waals surface area (Å²) in [5, 5.41) is 5.94. The molecule has 2 amide bonds. The molecule has 3 N–H and O–H groups in total. The second kappa shape index (κ2) is 8.06. The van der Waals surface area contributed by atoms with Crippen molar-refractivity contribution in [3.63, 3.8) is 0 Å². The number of amides is 2. The highest BCUT2D eigenvalue weighted by atomic mass is 16.5. The Labute approximate surface area is 145 Å².